The first-order chi connectivity index (χ1) is 11.6. The quantitative estimate of drug-likeness (QED) is 0.752. The highest BCUT2D eigenvalue weighted by molar-refractivity contribution is 7.14. The van der Waals surface area contributed by atoms with Gasteiger partial charge in [0.25, 0.3) is 5.91 Å². The maximum Gasteiger partial charge on any atom is 0.257 e. The summed E-state index contributed by atoms with van der Waals surface area (Å²) in [6.45, 7) is 0. The molecule has 2 aromatic heterocycles. The van der Waals surface area contributed by atoms with Crippen molar-refractivity contribution in [2.75, 3.05) is 12.4 Å². The zero-order valence-corrected chi connectivity index (χ0v) is 14.0. The van der Waals surface area contributed by atoms with E-state index in [1.807, 2.05) is 0 Å². The summed E-state index contributed by atoms with van der Waals surface area (Å²) in [5, 5.41) is 4.81. The number of pyridine rings is 1. The summed E-state index contributed by atoms with van der Waals surface area (Å²) in [6.07, 6.45) is 3.05. The van der Waals surface area contributed by atoms with Gasteiger partial charge in [-0.05, 0) is 18.2 Å². The average molecular weight is 364 g/mol. The molecule has 0 radical (unpaired) electrons. The molecular weight excluding hydrogens is 353 g/mol. The zero-order chi connectivity index (χ0) is 17.1. The van der Waals surface area contributed by atoms with Gasteiger partial charge in [-0.15, -0.1) is 11.3 Å². The number of benzene rings is 1. The van der Waals surface area contributed by atoms with Gasteiger partial charge in [-0.3, -0.25) is 15.1 Å². The van der Waals surface area contributed by atoms with E-state index in [-0.39, 0.29) is 16.5 Å². The number of nitrogens with zero attached hydrogens (tertiary/aromatic N) is 2. The predicted octanol–water partition coefficient (Wildman–Crippen LogP) is 4.26. The van der Waals surface area contributed by atoms with Crippen LogP contribution in [0.3, 0.4) is 0 Å². The van der Waals surface area contributed by atoms with Crippen LogP contribution in [0.5, 0.6) is 5.75 Å². The Morgan fingerprint density at radius 2 is 2.08 bits per heavy atom. The fraction of sp³-hybridized carbons (Fsp3) is 0.0625. The molecule has 0 unspecified atom stereocenters. The summed E-state index contributed by atoms with van der Waals surface area (Å²) in [6, 6.07) is 5.91. The van der Waals surface area contributed by atoms with Crippen LogP contribution in [0.4, 0.5) is 9.52 Å². The van der Waals surface area contributed by atoms with E-state index in [0.29, 0.717) is 22.1 Å². The molecule has 5 nitrogen and oxygen atoms in total. The third-order valence-electron chi connectivity index (χ3n) is 3.17. The van der Waals surface area contributed by atoms with E-state index in [0.717, 1.165) is 0 Å². The van der Waals surface area contributed by atoms with Gasteiger partial charge in [0.1, 0.15) is 11.6 Å². The van der Waals surface area contributed by atoms with Crippen LogP contribution in [0.15, 0.2) is 42.0 Å². The van der Waals surface area contributed by atoms with Crippen molar-refractivity contribution in [1.29, 1.82) is 0 Å². The molecular formula is C16H11ClFN3O2S. The number of aromatic nitrogens is 2. The number of hydrogen-bond donors (Lipinski definition) is 1. The van der Waals surface area contributed by atoms with Crippen molar-refractivity contribution in [3.05, 3.63) is 58.4 Å². The summed E-state index contributed by atoms with van der Waals surface area (Å²) >= 11 is 7.29. The molecule has 0 fully saturated rings. The van der Waals surface area contributed by atoms with Crippen LogP contribution in [0, 0.1) is 5.82 Å². The number of thiazole rings is 1. The van der Waals surface area contributed by atoms with E-state index in [4.69, 9.17) is 16.3 Å². The lowest BCUT2D eigenvalue weighted by molar-refractivity contribution is 0.102. The first-order valence-electron chi connectivity index (χ1n) is 6.79. The summed E-state index contributed by atoms with van der Waals surface area (Å²) in [4.78, 5) is 20.2. The van der Waals surface area contributed by atoms with Crippen molar-refractivity contribution in [2.45, 2.75) is 0 Å². The Bertz CT molecular complexity index is 863. The van der Waals surface area contributed by atoms with Crippen molar-refractivity contribution in [2.24, 2.45) is 0 Å². The number of rotatable bonds is 4. The number of anilines is 1. The molecule has 0 saturated heterocycles. The summed E-state index contributed by atoms with van der Waals surface area (Å²) in [5.41, 5.74) is 0.962. The van der Waals surface area contributed by atoms with Gasteiger partial charge in [-0.25, -0.2) is 9.37 Å². The fourth-order valence-electron chi connectivity index (χ4n) is 2.03. The molecule has 2 heterocycles. The highest BCUT2D eigenvalue weighted by Gasteiger charge is 2.16. The van der Waals surface area contributed by atoms with E-state index < -0.39 is 5.82 Å². The number of methoxy groups -OCH3 is 1. The molecule has 8 heteroatoms. The lowest BCUT2D eigenvalue weighted by Crippen LogP contribution is -2.11. The van der Waals surface area contributed by atoms with Crippen LogP contribution in [0.1, 0.15) is 10.4 Å². The Morgan fingerprint density at radius 1 is 1.33 bits per heavy atom. The number of hydrogen-bond acceptors (Lipinski definition) is 5. The molecule has 0 bridgehead atoms. The summed E-state index contributed by atoms with van der Waals surface area (Å²) in [7, 11) is 1.43. The molecule has 24 heavy (non-hydrogen) atoms. The Labute approximate surface area is 146 Å². The first-order valence-corrected chi connectivity index (χ1v) is 8.04. The monoisotopic (exact) mass is 363 g/mol. The smallest absolute Gasteiger partial charge is 0.257 e. The van der Waals surface area contributed by atoms with Crippen molar-refractivity contribution in [3.8, 4) is 17.0 Å². The number of ether oxygens (including phenoxy) is 1. The molecule has 0 aliphatic rings. The molecule has 122 valence electrons. The van der Waals surface area contributed by atoms with Crippen molar-refractivity contribution < 1.29 is 13.9 Å². The highest BCUT2D eigenvalue weighted by atomic mass is 35.5. The average Bonchev–Trinajstić information content (AvgIpc) is 3.02. The largest absolute Gasteiger partial charge is 0.497 e. The van der Waals surface area contributed by atoms with Gasteiger partial charge in [-0.2, -0.15) is 0 Å². The minimum Gasteiger partial charge on any atom is -0.497 e. The van der Waals surface area contributed by atoms with Gasteiger partial charge in [0.15, 0.2) is 5.13 Å². The van der Waals surface area contributed by atoms with Crippen molar-refractivity contribution in [3.63, 3.8) is 0 Å². The van der Waals surface area contributed by atoms with Crippen LogP contribution in [-0.4, -0.2) is 23.0 Å². The van der Waals surface area contributed by atoms with Crippen LogP contribution in [0.2, 0.25) is 5.02 Å². The Morgan fingerprint density at radius 3 is 2.75 bits per heavy atom. The SMILES string of the molecule is COc1cc(F)c(-c2csc(NC(=O)c3ccncc3)n2)c(Cl)c1. The zero-order valence-electron chi connectivity index (χ0n) is 12.4. The third-order valence-corrected chi connectivity index (χ3v) is 4.23. The minimum absolute atomic E-state index is 0.165. The van der Waals surface area contributed by atoms with Gasteiger partial charge < -0.3 is 4.74 Å². The van der Waals surface area contributed by atoms with E-state index in [9.17, 15) is 9.18 Å². The fourth-order valence-corrected chi connectivity index (χ4v) is 3.02. The number of halogens is 2. The molecule has 0 saturated carbocycles. The van der Waals surface area contributed by atoms with Gasteiger partial charge in [0.05, 0.1) is 23.4 Å². The molecule has 1 N–H and O–H groups in total. The number of carbonyl (C=O) groups is 1. The first kappa shape index (κ1) is 16.4. The Kier molecular flexibility index (Phi) is 4.73. The maximum absolute atomic E-state index is 14.2. The maximum atomic E-state index is 14.2. The van der Waals surface area contributed by atoms with Crippen LogP contribution in [0.25, 0.3) is 11.3 Å². The van der Waals surface area contributed by atoms with Gasteiger partial charge >= 0.3 is 0 Å². The highest BCUT2D eigenvalue weighted by Crippen LogP contribution is 2.35. The molecule has 1 amide bonds. The lowest BCUT2D eigenvalue weighted by atomic mass is 10.1. The Hall–Kier alpha value is -2.51. The van der Waals surface area contributed by atoms with Crippen molar-refractivity contribution in [1.82, 2.24) is 9.97 Å². The number of carbonyl (C=O) groups excluding carboxylic acids is 1. The van der Waals surface area contributed by atoms with Crippen LogP contribution < -0.4 is 10.1 Å². The van der Waals surface area contributed by atoms with Crippen LogP contribution in [-0.2, 0) is 0 Å². The molecule has 0 spiro atoms. The van der Waals surface area contributed by atoms with Crippen molar-refractivity contribution >= 4 is 34.0 Å². The number of nitrogens with one attached hydrogen (secondary N) is 1. The molecule has 3 aromatic rings. The second kappa shape index (κ2) is 6.94. The molecule has 0 aliphatic heterocycles. The van der Waals surface area contributed by atoms with E-state index in [1.54, 1.807) is 17.5 Å². The van der Waals surface area contributed by atoms with Gasteiger partial charge in [0, 0.05) is 29.4 Å². The van der Waals surface area contributed by atoms with Gasteiger partial charge in [0.2, 0.25) is 0 Å². The van der Waals surface area contributed by atoms with E-state index in [2.05, 4.69) is 15.3 Å². The minimum atomic E-state index is -0.545. The second-order valence-electron chi connectivity index (χ2n) is 4.69. The Balaban J connectivity index is 1.85. The normalized spacial score (nSPS) is 10.5. The molecule has 3 rings (SSSR count). The third kappa shape index (κ3) is 3.37. The van der Waals surface area contributed by atoms with Crippen LogP contribution >= 0.6 is 22.9 Å². The standard InChI is InChI=1S/C16H11ClFN3O2S/c1-23-10-6-11(17)14(12(18)7-10)13-8-24-16(20-13)21-15(22)9-2-4-19-5-3-9/h2-8H,1H3,(H,20,21,22). The molecule has 0 aliphatic carbocycles. The topological polar surface area (TPSA) is 64.1 Å². The summed E-state index contributed by atoms with van der Waals surface area (Å²) in [5.74, 6) is -0.543. The van der Waals surface area contributed by atoms with E-state index >= 15 is 0 Å². The number of amides is 1. The van der Waals surface area contributed by atoms with E-state index in [1.165, 1.54) is 43.0 Å². The second-order valence-corrected chi connectivity index (χ2v) is 5.96. The molecule has 1 aromatic carbocycles. The lowest BCUT2D eigenvalue weighted by Gasteiger charge is -2.06. The van der Waals surface area contributed by atoms with Gasteiger partial charge in [-0.1, -0.05) is 11.6 Å². The molecule has 0 atom stereocenters. The summed E-state index contributed by atoms with van der Waals surface area (Å²) < 4.78 is 19.2. The predicted molar refractivity (Wildman–Crippen MR) is 91.3 cm³/mol.